The molecule has 0 heterocycles. The highest BCUT2D eigenvalue weighted by Gasteiger charge is 2.34. The van der Waals surface area contributed by atoms with E-state index in [-0.39, 0.29) is 24.5 Å². The van der Waals surface area contributed by atoms with E-state index in [0.29, 0.717) is 12.8 Å². The molecule has 1 N–H and O–H groups in total. The minimum atomic E-state index is -4.41. The van der Waals surface area contributed by atoms with Crippen molar-refractivity contribution in [1.29, 1.82) is 5.41 Å². The lowest BCUT2D eigenvalue weighted by atomic mass is 9.99. The van der Waals surface area contributed by atoms with Crippen LogP contribution in [0.25, 0.3) is 11.1 Å². The summed E-state index contributed by atoms with van der Waals surface area (Å²) < 4.78 is 51.8. The molecule has 0 aliphatic carbocycles. The molecule has 0 unspecified atom stereocenters. The SMILES string of the molecule is CCCc1cc(-c2ccc(C=N)cc2)ccc1OCCOc1cccc(C(F)(F)F)c1CCC. The van der Waals surface area contributed by atoms with Crippen LogP contribution in [0.1, 0.15) is 48.9 Å². The molecule has 0 amide bonds. The first-order valence-corrected chi connectivity index (χ1v) is 11.6. The summed E-state index contributed by atoms with van der Waals surface area (Å²) in [7, 11) is 0. The summed E-state index contributed by atoms with van der Waals surface area (Å²) in [6, 6.07) is 17.9. The Morgan fingerprint density at radius 1 is 0.794 bits per heavy atom. The third-order valence-electron chi connectivity index (χ3n) is 5.53. The van der Waals surface area contributed by atoms with Crippen molar-refractivity contribution in [1.82, 2.24) is 0 Å². The normalized spacial score (nSPS) is 11.3. The maximum atomic E-state index is 13.4. The van der Waals surface area contributed by atoms with Gasteiger partial charge >= 0.3 is 6.18 Å². The number of aryl methyl sites for hydroxylation is 1. The van der Waals surface area contributed by atoms with E-state index in [1.807, 2.05) is 43.3 Å². The first kappa shape index (κ1) is 25.3. The Morgan fingerprint density at radius 3 is 2.06 bits per heavy atom. The zero-order valence-electron chi connectivity index (χ0n) is 19.5. The van der Waals surface area contributed by atoms with Crippen LogP contribution in [-0.2, 0) is 19.0 Å². The number of hydrogen-bond acceptors (Lipinski definition) is 3. The molecule has 180 valence electrons. The molecule has 0 spiro atoms. The van der Waals surface area contributed by atoms with Gasteiger partial charge in [-0.3, -0.25) is 0 Å². The maximum Gasteiger partial charge on any atom is 0.416 e. The van der Waals surface area contributed by atoms with Crippen molar-refractivity contribution in [2.24, 2.45) is 0 Å². The molecule has 0 saturated heterocycles. The second-order valence-electron chi connectivity index (χ2n) is 8.07. The zero-order valence-corrected chi connectivity index (χ0v) is 19.5. The molecule has 6 heteroatoms. The zero-order chi connectivity index (χ0) is 24.6. The Balaban J connectivity index is 1.69. The van der Waals surface area contributed by atoms with Gasteiger partial charge in [0.05, 0.1) is 5.56 Å². The predicted octanol–water partition coefficient (Wildman–Crippen LogP) is 7.73. The molecule has 0 atom stereocenters. The molecule has 34 heavy (non-hydrogen) atoms. The first-order chi connectivity index (χ1) is 16.4. The van der Waals surface area contributed by atoms with E-state index in [1.165, 1.54) is 12.3 Å². The van der Waals surface area contributed by atoms with E-state index in [4.69, 9.17) is 14.9 Å². The Labute approximate surface area is 199 Å². The molecule has 0 aromatic heterocycles. The summed E-state index contributed by atoms with van der Waals surface area (Å²) in [6.45, 7) is 4.32. The fraction of sp³-hybridized carbons (Fsp3) is 0.321. The Hall–Kier alpha value is -3.28. The Morgan fingerprint density at radius 2 is 1.44 bits per heavy atom. The number of hydrogen-bond donors (Lipinski definition) is 1. The lowest BCUT2D eigenvalue weighted by molar-refractivity contribution is -0.138. The highest BCUT2D eigenvalue weighted by Crippen LogP contribution is 2.36. The lowest BCUT2D eigenvalue weighted by Crippen LogP contribution is -2.14. The Bertz CT molecular complexity index is 1090. The van der Waals surface area contributed by atoms with Gasteiger partial charge in [0.15, 0.2) is 0 Å². The third kappa shape index (κ3) is 6.40. The van der Waals surface area contributed by atoms with Gasteiger partial charge in [0.2, 0.25) is 0 Å². The number of benzene rings is 3. The van der Waals surface area contributed by atoms with Crippen LogP contribution in [0.3, 0.4) is 0 Å². The summed E-state index contributed by atoms with van der Waals surface area (Å²) in [5.74, 6) is 1.01. The lowest BCUT2D eigenvalue weighted by Gasteiger charge is -2.18. The van der Waals surface area contributed by atoms with Crippen LogP contribution in [0.2, 0.25) is 0 Å². The number of rotatable bonds is 11. The van der Waals surface area contributed by atoms with E-state index >= 15 is 0 Å². The number of halogens is 3. The van der Waals surface area contributed by atoms with E-state index in [1.54, 1.807) is 6.07 Å². The van der Waals surface area contributed by atoms with Crippen molar-refractivity contribution in [3.05, 3.63) is 82.9 Å². The van der Waals surface area contributed by atoms with Crippen LogP contribution in [0.4, 0.5) is 13.2 Å². The molecule has 3 aromatic carbocycles. The average Bonchev–Trinajstić information content (AvgIpc) is 2.83. The van der Waals surface area contributed by atoms with Crippen molar-refractivity contribution in [2.75, 3.05) is 13.2 Å². The van der Waals surface area contributed by atoms with Crippen LogP contribution in [0, 0.1) is 5.41 Å². The smallest absolute Gasteiger partial charge is 0.416 e. The molecule has 0 aliphatic rings. The van der Waals surface area contributed by atoms with Gasteiger partial charge in [-0.1, -0.05) is 63.1 Å². The van der Waals surface area contributed by atoms with Crippen molar-refractivity contribution < 1.29 is 22.6 Å². The molecule has 0 bridgehead atoms. The molecule has 0 saturated carbocycles. The van der Waals surface area contributed by atoms with Gasteiger partial charge in [0, 0.05) is 11.8 Å². The molecular weight excluding hydrogens is 439 g/mol. The summed E-state index contributed by atoms with van der Waals surface area (Å²) >= 11 is 0. The quantitative estimate of drug-likeness (QED) is 0.231. The van der Waals surface area contributed by atoms with Gasteiger partial charge in [-0.2, -0.15) is 13.2 Å². The number of nitrogens with one attached hydrogen (secondary N) is 1. The Kier molecular flexibility index (Phi) is 8.74. The average molecular weight is 470 g/mol. The van der Waals surface area contributed by atoms with Gasteiger partial charge < -0.3 is 14.9 Å². The van der Waals surface area contributed by atoms with Crippen LogP contribution in [0.5, 0.6) is 11.5 Å². The van der Waals surface area contributed by atoms with Crippen molar-refractivity contribution in [3.8, 4) is 22.6 Å². The second-order valence-corrected chi connectivity index (χ2v) is 8.07. The van der Waals surface area contributed by atoms with E-state index in [2.05, 4.69) is 13.0 Å². The maximum absolute atomic E-state index is 13.4. The van der Waals surface area contributed by atoms with Crippen molar-refractivity contribution in [3.63, 3.8) is 0 Å². The summed E-state index contributed by atoms with van der Waals surface area (Å²) in [6.07, 6.45) is -0.400. The van der Waals surface area contributed by atoms with Crippen molar-refractivity contribution in [2.45, 2.75) is 45.7 Å². The van der Waals surface area contributed by atoms with Gasteiger partial charge in [-0.15, -0.1) is 0 Å². The van der Waals surface area contributed by atoms with Crippen LogP contribution >= 0.6 is 0 Å². The van der Waals surface area contributed by atoms with E-state index in [9.17, 15) is 13.2 Å². The van der Waals surface area contributed by atoms with Crippen LogP contribution in [-0.4, -0.2) is 19.4 Å². The standard InChI is InChI=1S/C28H30F3NO2/c1-3-6-23-18-22(21-12-10-20(19-32)11-13-21)14-15-26(23)33-16-17-34-27-9-5-8-25(28(29,30)31)24(27)7-4-2/h5,8-15,18-19,32H,3-4,6-7,16-17H2,1-2H3. The monoisotopic (exact) mass is 469 g/mol. The largest absolute Gasteiger partial charge is 0.490 e. The van der Waals surface area contributed by atoms with Gasteiger partial charge in [-0.05, 0) is 59.4 Å². The molecule has 3 aromatic rings. The molecule has 0 fully saturated rings. The predicted molar refractivity (Wildman–Crippen MR) is 130 cm³/mol. The molecular formula is C28H30F3NO2. The number of ether oxygens (including phenoxy) is 2. The molecule has 3 rings (SSSR count). The van der Waals surface area contributed by atoms with Crippen LogP contribution < -0.4 is 9.47 Å². The third-order valence-corrected chi connectivity index (χ3v) is 5.53. The fourth-order valence-electron chi connectivity index (χ4n) is 3.91. The first-order valence-electron chi connectivity index (χ1n) is 11.6. The van der Waals surface area contributed by atoms with E-state index in [0.717, 1.165) is 46.9 Å². The van der Waals surface area contributed by atoms with Gasteiger partial charge in [0.25, 0.3) is 0 Å². The van der Waals surface area contributed by atoms with Crippen LogP contribution in [0.15, 0.2) is 60.7 Å². The van der Waals surface area contributed by atoms with E-state index < -0.39 is 11.7 Å². The summed E-state index contributed by atoms with van der Waals surface area (Å²) in [5, 5.41) is 7.34. The minimum Gasteiger partial charge on any atom is -0.490 e. The van der Waals surface area contributed by atoms with Gasteiger partial charge in [-0.25, -0.2) is 0 Å². The highest BCUT2D eigenvalue weighted by molar-refractivity contribution is 5.78. The topological polar surface area (TPSA) is 42.3 Å². The second kappa shape index (κ2) is 11.7. The number of alkyl halides is 3. The minimum absolute atomic E-state index is 0.149. The summed E-state index contributed by atoms with van der Waals surface area (Å²) in [4.78, 5) is 0. The molecule has 0 radical (unpaired) electrons. The summed E-state index contributed by atoms with van der Waals surface area (Å²) in [5.41, 5.74) is 3.61. The molecule has 3 nitrogen and oxygen atoms in total. The fourth-order valence-corrected chi connectivity index (χ4v) is 3.91. The molecule has 0 aliphatic heterocycles. The van der Waals surface area contributed by atoms with Gasteiger partial charge in [0.1, 0.15) is 24.7 Å². The van der Waals surface area contributed by atoms with Crippen molar-refractivity contribution >= 4 is 6.21 Å². The highest BCUT2D eigenvalue weighted by atomic mass is 19.4.